The van der Waals surface area contributed by atoms with Crippen LogP contribution in [-0.2, 0) is 4.79 Å². The Labute approximate surface area is 184 Å². The molecule has 28 heavy (non-hydrogen) atoms. The number of hydrogen-bond donors (Lipinski definition) is 1. The molecule has 2 aromatic rings. The number of carbonyl (C=O) groups is 3. The van der Waals surface area contributed by atoms with Gasteiger partial charge in [0.25, 0.3) is 11.8 Å². The topological polar surface area (TPSA) is 75.7 Å². The summed E-state index contributed by atoms with van der Waals surface area (Å²) in [7, 11) is 1.45. The summed E-state index contributed by atoms with van der Waals surface area (Å²) in [6.45, 7) is -0.572. The van der Waals surface area contributed by atoms with Crippen LogP contribution in [0.15, 0.2) is 18.2 Å². The lowest BCUT2D eigenvalue weighted by Crippen LogP contribution is -2.37. The fourth-order valence-electron chi connectivity index (χ4n) is 2.63. The van der Waals surface area contributed by atoms with Crippen molar-refractivity contribution in [1.82, 2.24) is 4.90 Å². The Morgan fingerprint density at radius 2 is 1.50 bits per heavy atom. The molecule has 1 N–H and O–H groups in total. The maximum atomic E-state index is 12.6. The summed E-state index contributed by atoms with van der Waals surface area (Å²) < 4.78 is 5.03. The Balaban J connectivity index is 1.84. The summed E-state index contributed by atoms with van der Waals surface area (Å²) >= 11 is 30.0. The maximum absolute atomic E-state index is 12.6. The van der Waals surface area contributed by atoms with E-state index >= 15 is 0 Å². The molecule has 146 valence electrons. The summed E-state index contributed by atoms with van der Waals surface area (Å²) in [6, 6.07) is 4.58. The van der Waals surface area contributed by atoms with Crippen molar-refractivity contribution < 1.29 is 19.1 Å². The van der Waals surface area contributed by atoms with E-state index in [1.165, 1.54) is 13.2 Å². The van der Waals surface area contributed by atoms with E-state index in [1.54, 1.807) is 12.1 Å². The van der Waals surface area contributed by atoms with Gasteiger partial charge in [-0.05, 0) is 18.2 Å². The van der Waals surface area contributed by atoms with E-state index in [4.69, 9.17) is 62.7 Å². The minimum absolute atomic E-state index is 0.146. The van der Waals surface area contributed by atoms with Gasteiger partial charge >= 0.3 is 0 Å². The molecule has 0 unspecified atom stereocenters. The van der Waals surface area contributed by atoms with Crippen LogP contribution in [0, 0.1) is 0 Å². The van der Waals surface area contributed by atoms with Gasteiger partial charge in [0.2, 0.25) is 5.91 Å². The van der Waals surface area contributed by atoms with E-state index in [0.717, 1.165) is 0 Å². The Hall–Kier alpha value is -1.70. The highest BCUT2D eigenvalue weighted by atomic mass is 35.5. The SMILES string of the molecule is COc1ccc(NC(=O)CN2C(=O)c3c(Cl)c(Cl)c(Cl)c(Cl)c3C2=O)cc1Cl. The van der Waals surface area contributed by atoms with Crippen LogP contribution in [0.4, 0.5) is 5.69 Å². The third kappa shape index (κ3) is 3.51. The Morgan fingerprint density at radius 3 is 1.96 bits per heavy atom. The van der Waals surface area contributed by atoms with Crippen molar-refractivity contribution in [2.45, 2.75) is 0 Å². The zero-order valence-corrected chi connectivity index (χ0v) is 17.7. The number of benzene rings is 2. The molecule has 11 heteroatoms. The van der Waals surface area contributed by atoms with E-state index in [-0.39, 0.29) is 36.2 Å². The molecule has 3 amide bonds. The molecule has 0 bridgehead atoms. The minimum atomic E-state index is -0.798. The number of hydrogen-bond acceptors (Lipinski definition) is 4. The number of rotatable bonds is 4. The van der Waals surface area contributed by atoms with Crippen molar-refractivity contribution in [2.24, 2.45) is 0 Å². The summed E-state index contributed by atoms with van der Waals surface area (Å²) in [6.07, 6.45) is 0. The average molecular weight is 483 g/mol. The van der Waals surface area contributed by atoms with Crippen LogP contribution in [0.2, 0.25) is 25.1 Å². The van der Waals surface area contributed by atoms with Crippen LogP contribution < -0.4 is 10.1 Å². The number of imide groups is 1. The lowest BCUT2D eigenvalue weighted by molar-refractivity contribution is -0.116. The van der Waals surface area contributed by atoms with Crippen LogP contribution in [0.1, 0.15) is 20.7 Å². The monoisotopic (exact) mass is 480 g/mol. The van der Waals surface area contributed by atoms with Crippen molar-refractivity contribution >= 4 is 81.4 Å². The zero-order chi connectivity index (χ0) is 20.7. The van der Waals surface area contributed by atoms with E-state index < -0.39 is 24.3 Å². The molecule has 6 nitrogen and oxygen atoms in total. The van der Waals surface area contributed by atoms with Crippen LogP contribution >= 0.6 is 58.0 Å². The number of methoxy groups -OCH3 is 1. The Morgan fingerprint density at radius 1 is 0.964 bits per heavy atom. The highest BCUT2D eigenvalue weighted by molar-refractivity contribution is 6.55. The Bertz CT molecular complexity index is 994. The molecule has 1 aliphatic heterocycles. The van der Waals surface area contributed by atoms with Crippen molar-refractivity contribution in [3.63, 3.8) is 0 Å². The lowest BCUT2D eigenvalue weighted by atomic mass is 10.1. The van der Waals surface area contributed by atoms with Crippen molar-refractivity contribution in [2.75, 3.05) is 19.0 Å². The molecule has 3 rings (SSSR count). The van der Waals surface area contributed by atoms with Gasteiger partial charge in [-0.15, -0.1) is 0 Å². The van der Waals surface area contributed by atoms with Crippen molar-refractivity contribution in [3.05, 3.63) is 54.4 Å². The Kier molecular flexibility index (Phi) is 5.98. The van der Waals surface area contributed by atoms with Gasteiger partial charge in [-0.25, -0.2) is 0 Å². The van der Waals surface area contributed by atoms with Crippen LogP contribution in [0.5, 0.6) is 5.75 Å². The standard InChI is InChI=1S/C17H9Cl5N2O4/c1-28-8-3-2-6(4-7(8)18)23-9(25)5-24-16(26)10-11(17(24)27)13(20)15(22)14(21)12(10)19/h2-4H,5H2,1H3,(H,23,25). The van der Waals surface area contributed by atoms with Crippen LogP contribution in [0.25, 0.3) is 0 Å². The van der Waals surface area contributed by atoms with Crippen LogP contribution in [0.3, 0.4) is 0 Å². The quantitative estimate of drug-likeness (QED) is 0.369. The third-order valence-corrected chi connectivity index (χ3v) is 6.02. The normalized spacial score (nSPS) is 13.0. The number of anilines is 1. The minimum Gasteiger partial charge on any atom is -0.495 e. The number of nitrogens with one attached hydrogen (secondary N) is 1. The second kappa shape index (κ2) is 7.97. The molecule has 1 aliphatic rings. The van der Waals surface area contributed by atoms with Crippen LogP contribution in [-0.4, -0.2) is 36.3 Å². The molecule has 0 spiro atoms. The molecule has 0 fully saturated rings. The van der Waals surface area contributed by atoms with Gasteiger partial charge in [-0.3, -0.25) is 19.3 Å². The van der Waals surface area contributed by atoms with E-state index in [0.29, 0.717) is 16.3 Å². The van der Waals surface area contributed by atoms with Gasteiger partial charge in [-0.2, -0.15) is 0 Å². The molecule has 0 atom stereocenters. The molecule has 0 aliphatic carbocycles. The number of fused-ring (bicyclic) bond motifs is 1. The van der Waals surface area contributed by atoms with E-state index in [9.17, 15) is 14.4 Å². The molecule has 2 aromatic carbocycles. The number of ether oxygens (including phenoxy) is 1. The van der Waals surface area contributed by atoms with E-state index in [2.05, 4.69) is 5.32 Å². The highest BCUT2D eigenvalue weighted by Crippen LogP contribution is 2.44. The first-order valence-electron chi connectivity index (χ1n) is 7.52. The maximum Gasteiger partial charge on any atom is 0.263 e. The molecule has 1 heterocycles. The summed E-state index contributed by atoms with van der Waals surface area (Å²) in [5, 5.41) is 2.13. The number of halogens is 5. The van der Waals surface area contributed by atoms with Crippen molar-refractivity contribution in [1.29, 1.82) is 0 Å². The number of carbonyl (C=O) groups excluding carboxylic acids is 3. The predicted molar refractivity (Wildman–Crippen MR) is 108 cm³/mol. The summed E-state index contributed by atoms with van der Waals surface area (Å²) in [5.41, 5.74) is -0.0210. The second-order valence-electron chi connectivity index (χ2n) is 5.60. The smallest absolute Gasteiger partial charge is 0.263 e. The first-order chi connectivity index (χ1) is 13.2. The predicted octanol–water partition coefficient (Wildman–Crippen LogP) is 5.20. The largest absolute Gasteiger partial charge is 0.495 e. The molecule has 0 aromatic heterocycles. The van der Waals surface area contributed by atoms with Gasteiger partial charge in [0.1, 0.15) is 12.3 Å². The lowest BCUT2D eigenvalue weighted by Gasteiger charge is -2.14. The average Bonchev–Trinajstić information content (AvgIpc) is 2.89. The first-order valence-corrected chi connectivity index (χ1v) is 9.41. The first kappa shape index (κ1) is 21.0. The second-order valence-corrected chi connectivity index (χ2v) is 7.52. The molecule has 0 saturated carbocycles. The van der Waals surface area contributed by atoms with Gasteiger partial charge in [0.05, 0.1) is 43.3 Å². The zero-order valence-electron chi connectivity index (χ0n) is 13.9. The number of nitrogens with zero attached hydrogens (tertiary/aromatic N) is 1. The molecular formula is C17H9Cl5N2O4. The van der Waals surface area contributed by atoms with Gasteiger partial charge < -0.3 is 10.1 Å². The summed E-state index contributed by atoms with van der Waals surface area (Å²) in [5.74, 6) is -1.81. The van der Waals surface area contributed by atoms with Gasteiger partial charge in [0.15, 0.2) is 0 Å². The fourth-order valence-corrected chi connectivity index (χ4v) is 3.90. The van der Waals surface area contributed by atoms with Gasteiger partial charge in [-0.1, -0.05) is 58.0 Å². The number of amides is 3. The van der Waals surface area contributed by atoms with E-state index in [1.807, 2.05) is 0 Å². The highest BCUT2D eigenvalue weighted by Gasteiger charge is 2.42. The fraction of sp³-hybridized carbons (Fsp3) is 0.118. The molecule has 0 radical (unpaired) electrons. The third-order valence-electron chi connectivity index (χ3n) is 3.92. The summed E-state index contributed by atoms with van der Waals surface area (Å²) in [4.78, 5) is 38.3. The molecular weight excluding hydrogens is 473 g/mol. The molecule has 0 saturated heterocycles. The van der Waals surface area contributed by atoms with Crippen molar-refractivity contribution in [3.8, 4) is 5.75 Å². The van der Waals surface area contributed by atoms with Gasteiger partial charge in [0, 0.05) is 5.69 Å².